The summed E-state index contributed by atoms with van der Waals surface area (Å²) in [6.45, 7) is 12.0. The summed E-state index contributed by atoms with van der Waals surface area (Å²) < 4.78 is 0. The Morgan fingerprint density at radius 2 is 1.81 bits per heavy atom. The van der Waals surface area contributed by atoms with Gasteiger partial charge in [0.05, 0.1) is 12.2 Å². The highest BCUT2D eigenvalue weighted by Crippen LogP contribution is 2.66. The zero-order chi connectivity index (χ0) is 22.4. The van der Waals surface area contributed by atoms with Crippen LogP contribution < -0.4 is 0 Å². The molecule has 3 fully saturated rings. The fourth-order valence-corrected chi connectivity index (χ4v) is 9.11. The minimum absolute atomic E-state index is 0.102. The highest BCUT2D eigenvalue weighted by Gasteiger charge is 2.58. The van der Waals surface area contributed by atoms with E-state index < -0.39 is 0 Å². The Morgan fingerprint density at radius 3 is 2.52 bits per heavy atom. The smallest absolute Gasteiger partial charge is 0.0577 e. The van der Waals surface area contributed by atoms with Gasteiger partial charge in [-0.1, -0.05) is 52.7 Å². The number of aliphatic hydroxyl groups is 2. The van der Waals surface area contributed by atoms with E-state index in [9.17, 15) is 10.2 Å². The van der Waals surface area contributed by atoms with Crippen molar-refractivity contribution in [2.75, 3.05) is 0 Å². The topological polar surface area (TPSA) is 40.5 Å². The molecule has 0 heterocycles. The van der Waals surface area contributed by atoms with Crippen LogP contribution >= 0.6 is 0 Å². The van der Waals surface area contributed by atoms with Crippen molar-refractivity contribution in [3.05, 3.63) is 11.6 Å². The minimum Gasteiger partial charge on any atom is -0.393 e. The molecule has 0 bridgehead atoms. The molecule has 0 aromatic heterocycles. The van der Waals surface area contributed by atoms with Gasteiger partial charge in [-0.2, -0.15) is 0 Å². The predicted molar refractivity (Wildman–Crippen MR) is 130 cm³/mol. The van der Waals surface area contributed by atoms with Gasteiger partial charge in [0.1, 0.15) is 0 Å². The highest BCUT2D eigenvalue weighted by atomic mass is 16.3. The van der Waals surface area contributed by atoms with Crippen LogP contribution in [0.5, 0.6) is 0 Å². The summed E-state index contributed by atoms with van der Waals surface area (Å²) in [6, 6.07) is 0. The zero-order valence-electron chi connectivity index (χ0n) is 21.1. The average Bonchev–Trinajstić information content (AvgIpc) is 3.07. The molecule has 0 aromatic rings. The van der Waals surface area contributed by atoms with Crippen LogP contribution in [0.25, 0.3) is 0 Å². The molecule has 9 atom stereocenters. The molecule has 2 N–H and O–H groups in total. The maximum atomic E-state index is 11.0. The molecular formula is C29H50O2. The molecule has 4 aliphatic rings. The van der Waals surface area contributed by atoms with Crippen molar-refractivity contribution in [1.29, 1.82) is 0 Å². The maximum absolute atomic E-state index is 11.0. The lowest BCUT2D eigenvalue weighted by atomic mass is 9.47. The van der Waals surface area contributed by atoms with Gasteiger partial charge < -0.3 is 10.2 Å². The molecule has 0 saturated heterocycles. The Hall–Kier alpha value is -0.340. The first-order valence-corrected chi connectivity index (χ1v) is 13.8. The van der Waals surface area contributed by atoms with E-state index in [4.69, 9.17) is 0 Å². The van der Waals surface area contributed by atoms with Crippen LogP contribution in [-0.2, 0) is 0 Å². The van der Waals surface area contributed by atoms with Crippen LogP contribution in [0.2, 0.25) is 0 Å². The molecule has 31 heavy (non-hydrogen) atoms. The van der Waals surface area contributed by atoms with Gasteiger partial charge >= 0.3 is 0 Å². The number of rotatable bonds is 7. The first kappa shape index (κ1) is 23.8. The van der Waals surface area contributed by atoms with Gasteiger partial charge in [-0.25, -0.2) is 0 Å². The summed E-state index contributed by atoms with van der Waals surface area (Å²) in [5, 5.41) is 21.2. The van der Waals surface area contributed by atoms with Crippen molar-refractivity contribution >= 4 is 0 Å². The SMILES string of the molecule is CCC[C@H](C(C)C)[C@H](O)CC[C@H]1CCC2C3CC=C4C[C@@H](O)CC[C@]4(C)C3CC[C@@]21C. The Labute approximate surface area is 192 Å². The summed E-state index contributed by atoms with van der Waals surface area (Å²) in [7, 11) is 0. The van der Waals surface area contributed by atoms with Crippen molar-refractivity contribution in [1.82, 2.24) is 0 Å². The number of hydrogen-bond acceptors (Lipinski definition) is 2. The maximum Gasteiger partial charge on any atom is 0.0577 e. The Morgan fingerprint density at radius 1 is 1.03 bits per heavy atom. The van der Waals surface area contributed by atoms with Gasteiger partial charge in [-0.3, -0.25) is 0 Å². The van der Waals surface area contributed by atoms with E-state index in [-0.39, 0.29) is 12.2 Å². The van der Waals surface area contributed by atoms with Gasteiger partial charge in [-0.15, -0.1) is 0 Å². The molecule has 0 aliphatic heterocycles. The third-order valence-electron chi connectivity index (χ3n) is 11.1. The van der Waals surface area contributed by atoms with Crippen molar-refractivity contribution in [2.24, 2.45) is 46.3 Å². The van der Waals surface area contributed by atoms with Crippen LogP contribution in [0.3, 0.4) is 0 Å². The van der Waals surface area contributed by atoms with E-state index in [1.54, 1.807) is 5.57 Å². The zero-order valence-corrected chi connectivity index (χ0v) is 21.1. The lowest BCUT2D eigenvalue weighted by molar-refractivity contribution is -0.0529. The summed E-state index contributed by atoms with van der Waals surface area (Å²) in [5.74, 6) is 4.39. The molecular weight excluding hydrogens is 380 g/mol. The van der Waals surface area contributed by atoms with Gasteiger partial charge in [-0.05, 0) is 117 Å². The summed E-state index contributed by atoms with van der Waals surface area (Å²) in [4.78, 5) is 0. The molecule has 3 saturated carbocycles. The lowest BCUT2D eigenvalue weighted by Crippen LogP contribution is -2.50. The second-order valence-corrected chi connectivity index (χ2v) is 12.8. The normalized spacial score (nSPS) is 44.3. The molecule has 0 aromatic carbocycles. The van der Waals surface area contributed by atoms with Gasteiger partial charge in [0, 0.05) is 0 Å². The number of fused-ring (bicyclic) bond motifs is 5. The fraction of sp³-hybridized carbons (Fsp3) is 0.931. The van der Waals surface area contributed by atoms with Crippen LogP contribution in [0.1, 0.15) is 112 Å². The second-order valence-electron chi connectivity index (χ2n) is 12.8. The first-order chi connectivity index (χ1) is 14.7. The summed E-state index contributed by atoms with van der Waals surface area (Å²) in [5.41, 5.74) is 2.42. The van der Waals surface area contributed by atoms with Crippen LogP contribution in [-0.4, -0.2) is 22.4 Å². The first-order valence-electron chi connectivity index (χ1n) is 13.8. The molecule has 0 amide bonds. The Bertz CT molecular complexity index is 653. The van der Waals surface area contributed by atoms with E-state index in [0.717, 1.165) is 49.4 Å². The number of allylic oxidation sites excluding steroid dienone is 1. The Kier molecular flexibility index (Phi) is 7.01. The van der Waals surface area contributed by atoms with E-state index in [1.165, 1.54) is 51.4 Å². The molecule has 2 heteroatoms. The van der Waals surface area contributed by atoms with Gasteiger partial charge in [0.15, 0.2) is 0 Å². The van der Waals surface area contributed by atoms with Gasteiger partial charge in [0.2, 0.25) is 0 Å². The van der Waals surface area contributed by atoms with Crippen molar-refractivity contribution in [2.45, 2.75) is 124 Å². The molecule has 3 unspecified atom stereocenters. The molecule has 4 rings (SSSR count). The second kappa shape index (κ2) is 9.13. The Balaban J connectivity index is 1.44. The molecule has 4 aliphatic carbocycles. The van der Waals surface area contributed by atoms with Crippen LogP contribution in [0.15, 0.2) is 11.6 Å². The molecule has 2 nitrogen and oxygen atoms in total. The van der Waals surface area contributed by atoms with Crippen molar-refractivity contribution in [3.63, 3.8) is 0 Å². The average molecular weight is 431 g/mol. The van der Waals surface area contributed by atoms with Crippen LogP contribution in [0, 0.1) is 46.3 Å². The molecule has 178 valence electrons. The minimum atomic E-state index is -0.119. The summed E-state index contributed by atoms with van der Waals surface area (Å²) in [6.07, 6.45) is 16.8. The van der Waals surface area contributed by atoms with Crippen molar-refractivity contribution < 1.29 is 10.2 Å². The van der Waals surface area contributed by atoms with Crippen molar-refractivity contribution in [3.8, 4) is 0 Å². The van der Waals surface area contributed by atoms with E-state index in [0.29, 0.717) is 22.7 Å². The highest BCUT2D eigenvalue weighted by molar-refractivity contribution is 5.25. The standard InChI is InChI=1S/C29H50O2/c1-6-7-23(19(2)3)27(31)13-10-20-9-12-25-24-11-8-21-18-22(30)14-16-29(21,5)26(24)15-17-28(20,25)4/h8,19-20,22-27,30-31H,6-7,9-18H2,1-5H3/t20-,22+,23-,24?,25?,26?,27-,28-,29+/m1/s1. The predicted octanol–water partition coefficient (Wildman–Crippen LogP) is 7.14. The largest absolute Gasteiger partial charge is 0.393 e. The monoisotopic (exact) mass is 430 g/mol. The third-order valence-corrected chi connectivity index (χ3v) is 11.1. The van der Waals surface area contributed by atoms with Crippen LogP contribution in [0.4, 0.5) is 0 Å². The summed E-state index contributed by atoms with van der Waals surface area (Å²) >= 11 is 0. The van der Waals surface area contributed by atoms with E-state index in [1.807, 2.05) is 0 Å². The lowest BCUT2D eigenvalue weighted by Gasteiger charge is -2.58. The van der Waals surface area contributed by atoms with Gasteiger partial charge in [0.25, 0.3) is 0 Å². The van der Waals surface area contributed by atoms with E-state index >= 15 is 0 Å². The fourth-order valence-electron chi connectivity index (χ4n) is 9.11. The molecule has 0 radical (unpaired) electrons. The number of hydrogen-bond donors (Lipinski definition) is 2. The van der Waals surface area contributed by atoms with E-state index in [2.05, 4.69) is 40.7 Å². The number of aliphatic hydroxyl groups excluding tert-OH is 2. The quantitative estimate of drug-likeness (QED) is 0.421. The third kappa shape index (κ3) is 4.18. The molecule has 0 spiro atoms.